The summed E-state index contributed by atoms with van der Waals surface area (Å²) in [5.74, 6) is 0.138. The van der Waals surface area contributed by atoms with Gasteiger partial charge in [0.25, 0.3) is 0 Å². The van der Waals surface area contributed by atoms with Gasteiger partial charge in [-0.15, -0.1) is 11.3 Å². The summed E-state index contributed by atoms with van der Waals surface area (Å²) in [5, 5.41) is 4.91. The molecule has 2 heterocycles. The number of carbonyl (C=O) groups excluding carboxylic acids is 2. The van der Waals surface area contributed by atoms with Crippen LogP contribution in [0.5, 0.6) is 0 Å². The minimum absolute atomic E-state index is 0.0370. The van der Waals surface area contributed by atoms with E-state index in [1.54, 1.807) is 11.3 Å². The average Bonchev–Trinajstić information content (AvgIpc) is 2.90. The van der Waals surface area contributed by atoms with Crippen LogP contribution in [-0.2, 0) is 16.1 Å². The Hall–Kier alpha value is -1.20. The van der Waals surface area contributed by atoms with E-state index in [0.29, 0.717) is 13.1 Å². The Labute approximate surface area is 111 Å². The number of likely N-dealkylation sites (tertiary alicyclic amines) is 1. The molecule has 1 aliphatic rings. The summed E-state index contributed by atoms with van der Waals surface area (Å²) >= 11 is 1.64. The van der Waals surface area contributed by atoms with Crippen LogP contribution in [0.25, 0.3) is 0 Å². The lowest BCUT2D eigenvalue weighted by Crippen LogP contribution is -2.42. The SMILES string of the molecule is O=CC1CCCN(CC(=O)NCc2cccs2)C1. The highest BCUT2D eigenvalue weighted by Gasteiger charge is 2.20. The van der Waals surface area contributed by atoms with Crippen LogP contribution >= 0.6 is 11.3 Å². The van der Waals surface area contributed by atoms with Gasteiger partial charge in [0.2, 0.25) is 5.91 Å². The van der Waals surface area contributed by atoms with Crippen molar-refractivity contribution < 1.29 is 9.59 Å². The van der Waals surface area contributed by atoms with Gasteiger partial charge in [-0.2, -0.15) is 0 Å². The molecule has 0 radical (unpaired) electrons. The van der Waals surface area contributed by atoms with E-state index in [1.807, 2.05) is 17.5 Å². The molecule has 98 valence electrons. The van der Waals surface area contributed by atoms with Crippen molar-refractivity contribution in [2.45, 2.75) is 19.4 Å². The Kier molecular flexibility index (Phi) is 4.90. The quantitative estimate of drug-likeness (QED) is 0.817. The van der Waals surface area contributed by atoms with E-state index < -0.39 is 0 Å². The maximum atomic E-state index is 11.8. The van der Waals surface area contributed by atoms with Crippen LogP contribution in [0.4, 0.5) is 0 Å². The van der Waals surface area contributed by atoms with E-state index in [2.05, 4.69) is 10.2 Å². The van der Waals surface area contributed by atoms with E-state index in [0.717, 1.165) is 37.1 Å². The van der Waals surface area contributed by atoms with E-state index >= 15 is 0 Å². The zero-order valence-electron chi connectivity index (χ0n) is 10.3. The normalized spacial score (nSPS) is 20.6. The minimum atomic E-state index is 0.0370. The van der Waals surface area contributed by atoms with Gasteiger partial charge in [-0.25, -0.2) is 0 Å². The van der Waals surface area contributed by atoms with Gasteiger partial charge in [0.1, 0.15) is 6.29 Å². The third-order valence-corrected chi connectivity index (χ3v) is 4.02. The Morgan fingerprint density at radius 1 is 1.61 bits per heavy atom. The zero-order chi connectivity index (χ0) is 12.8. The third kappa shape index (κ3) is 3.92. The molecular weight excluding hydrogens is 248 g/mol. The lowest BCUT2D eigenvalue weighted by Gasteiger charge is -2.29. The van der Waals surface area contributed by atoms with Crippen molar-refractivity contribution in [3.8, 4) is 0 Å². The standard InChI is InChI=1S/C13H18N2O2S/c16-10-11-3-1-5-15(8-11)9-13(17)14-7-12-4-2-6-18-12/h2,4,6,10-11H,1,3,5,7-9H2,(H,14,17). The number of hydrogen-bond acceptors (Lipinski definition) is 4. The fraction of sp³-hybridized carbons (Fsp3) is 0.538. The number of rotatable bonds is 5. The first-order chi connectivity index (χ1) is 8.78. The molecule has 4 nitrogen and oxygen atoms in total. The van der Waals surface area contributed by atoms with Gasteiger partial charge in [-0.3, -0.25) is 9.69 Å². The molecule has 1 amide bonds. The molecule has 1 aliphatic heterocycles. The molecule has 1 N–H and O–H groups in total. The Morgan fingerprint density at radius 3 is 3.22 bits per heavy atom. The summed E-state index contributed by atoms with van der Waals surface area (Å²) < 4.78 is 0. The van der Waals surface area contributed by atoms with Crippen molar-refractivity contribution in [2.24, 2.45) is 5.92 Å². The number of nitrogens with one attached hydrogen (secondary N) is 1. The highest BCUT2D eigenvalue weighted by atomic mass is 32.1. The average molecular weight is 266 g/mol. The van der Waals surface area contributed by atoms with Crippen molar-refractivity contribution in [1.29, 1.82) is 0 Å². The smallest absolute Gasteiger partial charge is 0.234 e. The van der Waals surface area contributed by atoms with Crippen LogP contribution < -0.4 is 5.32 Å². The number of amides is 1. The van der Waals surface area contributed by atoms with Crippen LogP contribution in [0.3, 0.4) is 0 Å². The van der Waals surface area contributed by atoms with Crippen LogP contribution in [-0.4, -0.2) is 36.7 Å². The van der Waals surface area contributed by atoms with E-state index in [9.17, 15) is 9.59 Å². The number of aldehydes is 1. The number of nitrogens with zero attached hydrogens (tertiary/aromatic N) is 1. The third-order valence-electron chi connectivity index (χ3n) is 3.14. The lowest BCUT2D eigenvalue weighted by molar-refractivity contribution is -0.123. The van der Waals surface area contributed by atoms with Crippen molar-refractivity contribution >= 4 is 23.5 Å². The largest absolute Gasteiger partial charge is 0.350 e. The second kappa shape index (κ2) is 6.66. The molecular formula is C13H18N2O2S. The molecule has 1 atom stereocenters. The van der Waals surface area contributed by atoms with E-state index in [1.165, 1.54) is 0 Å². The van der Waals surface area contributed by atoms with Gasteiger partial charge in [-0.1, -0.05) is 6.07 Å². The fourth-order valence-electron chi connectivity index (χ4n) is 2.20. The van der Waals surface area contributed by atoms with Gasteiger partial charge in [0, 0.05) is 17.3 Å². The number of carbonyl (C=O) groups is 2. The lowest BCUT2D eigenvalue weighted by atomic mass is 10.00. The van der Waals surface area contributed by atoms with Crippen molar-refractivity contribution in [1.82, 2.24) is 10.2 Å². The van der Waals surface area contributed by atoms with E-state index in [4.69, 9.17) is 0 Å². The molecule has 1 fully saturated rings. The fourth-order valence-corrected chi connectivity index (χ4v) is 2.85. The van der Waals surface area contributed by atoms with Crippen molar-refractivity contribution in [3.63, 3.8) is 0 Å². The van der Waals surface area contributed by atoms with Crippen LogP contribution in [0.15, 0.2) is 17.5 Å². The molecule has 0 saturated carbocycles. The van der Waals surface area contributed by atoms with Gasteiger partial charge < -0.3 is 10.1 Å². The molecule has 1 unspecified atom stereocenters. The monoisotopic (exact) mass is 266 g/mol. The molecule has 0 spiro atoms. The van der Waals surface area contributed by atoms with Crippen LogP contribution in [0, 0.1) is 5.92 Å². The van der Waals surface area contributed by atoms with E-state index in [-0.39, 0.29) is 11.8 Å². The summed E-state index contributed by atoms with van der Waals surface area (Å²) in [4.78, 5) is 25.7. The molecule has 2 rings (SSSR count). The Bertz CT molecular complexity index is 392. The Morgan fingerprint density at radius 2 is 2.50 bits per heavy atom. The highest BCUT2D eigenvalue weighted by Crippen LogP contribution is 2.13. The summed E-state index contributed by atoms with van der Waals surface area (Å²) in [6.07, 6.45) is 2.97. The minimum Gasteiger partial charge on any atom is -0.350 e. The summed E-state index contributed by atoms with van der Waals surface area (Å²) in [6, 6.07) is 3.99. The molecule has 0 bridgehead atoms. The van der Waals surface area contributed by atoms with Crippen molar-refractivity contribution in [3.05, 3.63) is 22.4 Å². The molecule has 0 aromatic carbocycles. The topological polar surface area (TPSA) is 49.4 Å². The molecule has 1 saturated heterocycles. The van der Waals surface area contributed by atoms with Crippen molar-refractivity contribution in [2.75, 3.05) is 19.6 Å². The first kappa shape index (κ1) is 13.2. The molecule has 1 aromatic rings. The summed E-state index contributed by atoms with van der Waals surface area (Å²) in [5.41, 5.74) is 0. The van der Waals surface area contributed by atoms with Gasteiger partial charge in [0.15, 0.2) is 0 Å². The predicted octanol–water partition coefficient (Wildman–Crippen LogP) is 1.28. The maximum Gasteiger partial charge on any atom is 0.234 e. The first-order valence-corrected chi connectivity index (χ1v) is 7.12. The van der Waals surface area contributed by atoms with Gasteiger partial charge in [-0.05, 0) is 30.8 Å². The Balaban J connectivity index is 1.71. The maximum absolute atomic E-state index is 11.8. The second-order valence-corrected chi connectivity index (χ2v) is 5.66. The molecule has 1 aromatic heterocycles. The molecule has 5 heteroatoms. The number of hydrogen-bond donors (Lipinski definition) is 1. The molecule has 18 heavy (non-hydrogen) atoms. The number of piperidine rings is 1. The summed E-state index contributed by atoms with van der Waals surface area (Å²) in [7, 11) is 0. The summed E-state index contributed by atoms with van der Waals surface area (Å²) in [6.45, 7) is 2.63. The predicted molar refractivity (Wildman–Crippen MR) is 71.4 cm³/mol. The van der Waals surface area contributed by atoms with Crippen LogP contribution in [0.2, 0.25) is 0 Å². The second-order valence-electron chi connectivity index (χ2n) is 4.63. The zero-order valence-corrected chi connectivity index (χ0v) is 11.1. The van der Waals surface area contributed by atoms with Gasteiger partial charge >= 0.3 is 0 Å². The first-order valence-electron chi connectivity index (χ1n) is 6.24. The van der Waals surface area contributed by atoms with Gasteiger partial charge in [0.05, 0.1) is 13.1 Å². The number of thiophene rings is 1. The highest BCUT2D eigenvalue weighted by molar-refractivity contribution is 7.09. The molecule has 0 aliphatic carbocycles. The van der Waals surface area contributed by atoms with Crippen LogP contribution in [0.1, 0.15) is 17.7 Å².